The highest BCUT2D eigenvalue weighted by Crippen LogP contribution is 2.15. The highest BCUT2D eigenvalue weighted by Gasteiger charge is 2.22. The number of amidine groups is 1. The first kappa shape index (κ1) is 8.83. The summed E-state index contributed by atoms with van der Waals surface area (Å²) in [7, 11) is 0. The van der Waals surface area contributed by atoms with Gasteiger partial charge in [-0.2, -0.15) is 0 Å². The quantitative estimate of drug-likeness (QED) is 0.372. The van der Waals surface area contributed by atoms with Gasteiger partial charge < -0.3 is 16.4 Å². The molecule has 1 rings (SSSR count). The van der Waals surface area contributed by atoms with Gasteiger partial charge in [-0.15, -0.1) is 0 Å². The lowest BCUT2D eigenvalue weighted by atomic mass is 9.96. The van der Waals surface area contributed by atoms with Crippen LogP contribution in [-0.4, -0.2) is 29.9 Å². The summed E-state index contributed by atoms with van der Waals surface area (Å²) in [5, 5.41) is 7.21. The normalized spacial score (nSPS) is 19.2. The van der Waals surface area contributed by atoms with E-state index in [9.17, 15) is 4.79 Å². The molecule has 0 unspecified atom stereocenters. The van der Waals surface area contributed by atoms with Gasteiger partial charge in [-0.3, -0.25) is 5.41 Å². The second-order valence-electron chi connectivity index (χ2n) is 3.05. The number of hydrogen-bond donors (Lipinski definition) is 3. The lowest BCUT2D eigenvalue weighted by Gasteiger charge is -2.29. The Hall–Kier alpha value is -1.26. The van der Waals surface area contributed by atoms with Crippen LogP contribution in [0.1, 0.15) is 12.8 Å². The van der Waals surface area contributed by atoms with Crippen molar-refractivity contribution in [1.82, 2.24) is 4.90 Å². The largest absolute Gasteiger partial charge is 0.387 e. The summed E-state index contributed by atoms with van der Waals surface area (Å²) >= 11 is 0. The standard InChI is InChI=1S/C7H14N4O/c8-6(9)5-1-3-11(4-2-5)7(10)12/h5H,1-4H2,(H3,8,9)(H2,10,12). The van der Waals surface area contributed by atoms with Crippen LogP contribution in [-0.2, 0) is 0 Å². The Morgan fingerprint density at radius 3 is 2.17 bits per heavy atom. The van der Waals surface area contributed by atoms with Crippen molar-refractivity contribution in [2.24, 2.45) is 17.4 Å². The van der Waals surface area contributed by atoms with Crippen LogP contribution in [0.4, 0.5) is 4.79 Å². The van der Waals surface area contributed by atoms with Gasteiger partial charge in [-0.1, -0.05) is 0 Å². The molecule has 0 bridgehead atoms. The molecular formula is C7H14N4O. The SMILES string of the molecule is N=C(N)C1CCN(C(N)=O)CC1. The van der Waals surface area contributed by atoms with E-state index in [0.717, 1.165) is 12.8 Å². The van der Waals surface area contributed by atoms with Crippen molar-refractivity contribution >= 4 is 11.9 Å². The van der Waals surface area contributed by atoms with Crippen LogP contribution in [0.25, 0.3) is 0 Å². The molecule has 1 heterocycles. The smallest absolute Gasteiger partial charge is 0.314 e. The van der Waals surface area contributed by atoms with Crippen LogP contribution in [0.15, 0.2) is 0 Å². The van der Waals surface area contributed by atoms with Crippen LogP contribution in [0.2, 0.25) is 0 Å². The molecule has 68 valence electrons. The minimum Gasteiger partial charge on any atom is -0.387 e. The summed E-state index contributed by atoms with van der Waals surface area (Å²) in [6, 6.07) is -0.378. The van der Waals surface area contributed by atoms with Crippen molar-refractivity contribution in [3.8, 4) is 0 Å². The molecule has 1 fully saturated rings. The van der Waals surface area contributed by atoms with Gasteiger partial charge in [0.25, 0.3) is 0 Å². The highest BCUT2D eigenvalue weighted by molar-refractivity contribution is 5.80. The Bertz CT molecular complexity index is 174. The Morgan fingerprint density at radius 1 is 1.33 bits per heavy atom. The third kappa shape index (κ3) is 1.87. The zero-order valence-corrected chi connectivity index (χ0v) is 6.92. The number of nitrogens with zero attached hydrogens (tertiary/aromatic N) is 1. The summed E-state index contributed by atoms with van der Waals surface area (Å²) in [6.45, 7) is 1.25. The molecule has 1 aliphatic rings. The first-order valence-corrected chi connectivity index (χ1v) is 3.99. The molecule has 0 aromatic rings. The number of hydrogen-bond acceptors (Lipinski definition) is 2. The van der Waals surface area contributed by atoms with Crippen LogP contribution < -0.4 is 11.5 Å². The number of primary amides is 1. The number of likely N-dealkylation sites (tertiary alicyclic amines) is 1. The molecule has 0 aliphatic carbocycles. The van der Waals surface area contributed by atoms with E-state index >= 15 is 0 Å². The van der Waals surface area contributed by atoms with Crippen molar-refractivity contribution in [2.45, 2.75) is 12.8 Å². The van der Waals surface area contributed by atoms with E-state index in [1.165, 1.54) is 0 Å². The molecule has 0 radical (unpaired) electrons. The van der Waals surface area contributed by atoms with Crippen molar-refractivity contribution in [2.75, 3.05) is 13.1 Å². The molecule has 0 saturated carbocycles. The minimum atomic E-state index is -0.378. The van der Waals surface area contributed by atoms with Crippen LogP contribution in [0, 0.1) is 11.3 Å². The molecule has 2 amide bonds. The molecule has 5 heteroatoms. The van der Waals surface area contributed by atoms with Crippen LogP contribution in [0.5, 0.6) is 0 Å². The summed E-state index contributed by atoms with van der Waals surface area (Å²) in [4.78, 5) is 12.3. The van der Waals surface area contributed by atoms with Crippen molar-refractivity contribution < 1.29 is 4.79 Å². The molecule has 0 aromatic carbocycles. The van der Waals surface area contributed by atoms with E-state index < -0.39 is 0 Å². The summed E-state index contributed by atoms with van der Waals surface area (Å²) in [5.74, 6) is 0.361. The monoisotopic (exact) mass is 170 g/mol. The molecular weight excluding hydrogens is 156 g/mol. The fourth-order valence-electron chi connectivity index (χ4n) is 1.41. The van der Waals surface area contributed by atoms with Crippen LogP contribution >= 0.6 is 0 Å². The van der Waals surface area contributed by atoms with Crippen molar-refractivity contribution in [1.29, 1.82) is 5.41 Å². The van der Waals surface area contributed by atoms with Gasteiger partial charge >= 0.3 is 6.03 Å². The average molecular weight is 170 g/mol. The third-order valence-corrected chi connectivity index (χ3v) is 2.25. The molecule has 12 heavy (non-hydrogen) atoms. The Kier molecular flexibility index (Phi) is 2.52. The second kappa shape index (κ2) is 3.42. The fourth-order valence-corrected chi connectivity index (χ4v) is 1.41. The number of rotatable bonds is 1. The van der Waals surface area contributed by atoms with Crippen molar-refractivity contribution in [3.63, 3.8) is 0 Å². The lowest BCUT2D eigenvalue weighted by molar-refractivity contribution is 0.189. The number of urea groups is 1. The molecule has 0 spiro atoms. The van der Waals surface area contributed by atoms with E-state index in [1.54, 1.807) is 4.90 Å². The Balaban J connectivity index is 2.39. The number of amides is 2. The molecule has 1 saturated heterocycles. The predicted molar refractivity (Wildman–Crippen MR) is 45.8 cm³/mol. The van der Waals surface area contributed by atoms with Gasteiger partial charge in [0, 0.05) is 19.0 Å². The lowest BCUT2D eigenvalue weighted by Crippen LogP contribution is -2.43. The van der Waals surface area contributed by atoms with Crippen LogP contribution in [0.3, 0.4) is 0 Å². The maximum absolute atomic E-state index is 10.7. The molecule has 0 aromatic heterocycles. The molecule has 0 atom stereocenters. The molecule has 5 N–H and O–H groups in total. The first-order chi connectivity index (χ1) is 5.61. The Morgan fingerprint density at radius 2 is 1.83 bits per heavy atom. The number of nitrogens with two attached hydrogens (primary N) is 2. The average Bonchev–Trinajstić information content (AvgIpc) is 2.04. The topological polar surface area (TPSA) is 96.2 Å². The number of carbonyl (C=O) groups excluding carboxylic acids is 1. The summed E-state index contributed by atoms with van der Waals surface area (Å²) in [5.41, 5.74) is 10.4. The van der Waals surface area contributed by atoms with Gasteiger partial charge in [0.2, 0.25) is 0 Å². The summed E-state index contributed by atoms with van der Waals surface area (Å²) in [6.07, 6.45) is 1.52. The first-order valence-electron chi connectivity index (χ1n) is 3.99. The molecule has 5 nitrogen and oxygen atoms in total. The van der Waals surface area contributed by atoms with Gasteiger partial charge in [0.05, 0.1) is 5.84 Å². The van der Waals surface area contributed by atoms with Gasteiger partial charge in [-0.05, 0) is 12.8 Å². The van der Waals surface area contributed by atoms with E-state index in [-0.39, 0.29) is 17.8 Å². The zero-order valence-electron chi connectivity index (χ0n) is 6.92. The predicted octanol–water partition coefficient (Wildman–Crippen LogP) is -0.287. The minimum absolute atomic E-state index is 0.139. The maximum atomic E-state index is 10.7. The van der Waals surface area contributed by atoms with Gasteiger partial charge in [0.1, 0.15) is 0 Å². The maximum Gasteiger partial charge on any atom is 0.314 e. The number of nitrogens with one attached hydrogen (secondary N) is 1. The Labute approximate surface area is 71.2 Å². The summed E-state index contributed by atoms with van der Waals surface area (Å²) < 4.78 is 0. The second-order valence-corrected chi connectivity index (χ2v) is 3.05. The van der Waals surface area contributed by atoms with Crippen molar-refractivity contribution in [3.05, 3.63) is 0 Å². The number of carbonyl (C=O) groups is 1. The highest BCUT2D eigenvalue weighted by atomic mass is 16.2. The van der Waals surface area contributed by atoms with Gasteiger partial charge in [-0.25, -0.2) is 4.79 Å². The van der Waals surface area contributed by atoms with E-state index in [2.05, 4.69) is 0 Å². The fraction of sp³-hybridized carbons (Fsp3) is 0.714. The molecule has 1 aliphatic heterocycles. The van der Waals surface area contributed by atoms with E-state index in [0.29, 0.717) is 13.1 Å². The number of piperidine rings is 1. The van der Waals surface area contributed by atoms with E-state index in [1.807, 2.05) is 0 Å². The van der Waals surface area contributed by atoms with E-state index in [4.69, 9.17) is 16.9 Å². The third-order valence-electron chi connectivity index (χ3n) is 2.25. The van der Waals surface area contributed by atoms with Gasteiger partial charge in [0.15, 0.2) is 0 Å². The zero-order chi connectivity index (χ0) is 9.14.